The molecule has 12 nitrogen and oxygen atoms in total. The molecule has 1 aliphatic carbocycles. The van der Waals surface area contributed by atoms with Crippen LogP contribution in [0.3, 0.4) is 0 Å². The number of carbonyl (C=O) groups is 3. The van der Waals surface area contributed by atoms with Gasteiger partial charge in [-0.05, 0) is 64.2 Å². The summed E-state index contributed by atoms with van der Waals surface area (Å²) in [7, 11) is 1.30. The molecule has 3 N–H and O–H groups in total. The summed E-state index contributed by atoms with van der Waals surface area (Å²) in [5.74, 6) is -1.74. The zero-order valence-electron chi connectivity index (χ0n) is 38.6. The Labute approximate surface area is 369 Å². The van der Waals surface area contributed by atoms with Gasteiger partial charge in [0.2, 0.25) is 0 Å². The molecule has 0 heterocycles. The number of hydrogen-bond acceptors (Lipinski definition) is 10. The Morgan fingerprint density at radius 1 is 0.770 bits per heavy atom. The van der Waals surface area contributed by atoms with Gasteiger partial charge in [0.15, 0.2) is 6.10 Å². The topological polar surface area (TPSA) is 166 Å². The maximum Gasteiger partial charge on any atom is 0.472 e. The number of nitrogens with zero attached hydrogens (tertiary/aromatic N) is 1. The third-order valence-electron chi connectivity index (χ3n) is 10.7. The van der Waals surface area contributed by atoms with Crippen LogP contribution in [0.1, 0.15) is 162 Å². The number of likely N-dealkylation sites (N-methyl/N-ethyl adjacent to an activating group) is 1. The Hall–Kier alpha value is -2.44. The molecule has 0 aliphatic heterocycles. The lowest BCUT2D eigenvalue weighted by Gasteiger charge is -2.24. The van der Waals surface area contributed by atoms with Crippen LogP contribution in [0.4, 0.5) is 0 Å². The van der Waals surface area contributed by atoms with Gasteiger partial charge in [0, 0.05) is 31.1 Å². The maximum absolute atomic E-state index is 12.8. The predicted octanol–water partition coefficient (Wildman–Crippen LogP) is 10.1. The highest BCUT2D eigenvalue weighted by Gasteiger charge is 2.39. The predicted molar refractivity (Wildman–Crippen MR) is 244 cm³/mol. The Morgan fingerprint density at radius 2 is 1.36 bits per heavy atom. The van der Waals surface area contributed by atoms with Gasteiger partial charge in [0.1, 0.15) is 25.5 Å². The molecule has 0 amide bonds. The minimum Gasteiger partial charge on any atom is -0.462 e. The standard InChI is InChI=1S/C48H84NO11P/c1-6-8-10-11-12-13-14-15-16-17-18-19-20-21-22-23-28-32-47(53)57-39-42(40-59-61(55,56)58-37-36-49(3,4)5)60-48(54)33-29-25-24-27-31-43-44(46(52)38-45(43)51)35-34-41(50)30-26-9-7-2/h12-13,15-16,24,27,34-35,41-44,46,50,52H,6-11,14,17-23,25-26,28-33,36-40H2,1-5H3/p+1/b13-12-,16-15-,27-24-,35-34+/t41-,42+,43+,44+,46+/m0/s1. The lowest BCUT2D eigenvalue weighted by atomic mass is 9.90. The lowest BCUT2D eigenvalue weighted by Crippen LogP contribution is -2.37. The molecule has 1 unspecified atom stereocenters. The van der Waals surface area contributed by atoms with Crippen LogP contribution in [0.2, 0.25) is 0 Å². The van der Waals surface area contributed by atoms with E-state index in [1.165, 1.54) is 44.9 Å². The smallest absolute Gasteiger partial charge is 0.462 e. The number of allylic oxidation sites excluding steroid dienone is 6. The van der Waals surface area contributed by atoms with Crippen LogP contribution in [-0.4, -0.2) is 103 Å². The first-order chi connectivity index (χ1) is 29.2. The molecule has 6 atom stereocenters. The van der Waals surface area contributed by atoms with E-state index in [4.69, 9.17) is 18.5 Å². The molecular formula is C48H85NO11P+. The van der Waals surface area contributed by atoms with Crippen molar-refractivity contribution in [3.8, 4) is 0 Å². The van der Waals surface area contributed by atoms with E-state index in [-0.39, 0.29) is 50.1 Å². The summed E-state index contributed by atoms with van der Waals surface area (Å²) < 4.78 is 34.3. The van der Waals surface area contributed by atoms with Gasteiger partial charge >= 0.3 is 19.8 Å². The minimum atomic E-state index is -4.46. The summed E-state index contributed by atoms with van der Waals surface area (Å²) in [6, 6.07) is 0. The molecule has 0 aromatic heterocycles. The normalized spacial score (nSPS) is 19.4. The highest BCUT2D eigenvalue weighted by atomic mass is 31.2. The number of rotatable bonds is 38. The zero-order valence-corrected chi connectivity index (χ0v) is 39.5. The molecular weight excluding hydrogens is 797 g/mol. The monoisotopic (exact) mass is 883 g/mol. The van der Waals surface area contributed by atoms with Crippen molar-refractivity contribution < 1.29 is 57.1 Å². The van der Waals surface area contributed by atoms with E-state index in [9.17, 15) is 34.1 Å². The van der Waals surface area contributed by atoms with Crippen LogP contribution in [-0.2, 0) is 37.5 Å². The number of esters is 2. The molecule has 0 bridgehead atoms. The van der Waals surface area contributed by atoms with Gasteiger partial charge in [0.25, 0.3) is 0 Å². The third-order valence-corrected chi connectivity index (χ3v) is 11.7. The number of phosphoric ester groups is 1. The first kappa shape index (κ1) is 56.6. The van der Waals surface area contributed by atoms with Crippen molar-refractivity contribution in [1.29, 1.82) is 0 Å². The Morgan fingerprint density at radius 3 is 2.03 bits per heavy atom. The quantitative estimate of drug-likeness (QED) is 0.0178. The molecule has 0 aromatic rings. The second-order valence-electron chi connectivity index (χ2n) is 17.6. The lowest BCUT2D eigenvalue weighted by molar-refractivity contribution is -0.870. The van der Waals surface area contributed by atoms with Crippen LogP contribution in [0, 0.1) is 11.8 Å². The molecule has 1 fully saturated rings. The Kier molecular flexibility index (Phi) is 32.4. The van der Waals surface area contributed by atoms with Crippen LogP contribution < -0.4 is 0 Å². The van der Waals surface area contributed by atoms with E-state index in [0.717, 1.165) is 51.4 Å². The average Bonchev–Trinajstić information content (AvgIpc) is 3.47. The van der Waals surface area contributed by atoms with Crippen LogP contribution in [0.15, 0.2) is 48.6 Å². The van der Waals surface area contributed by atoms with E-state index in [1.807, 2.05) is 33.3 Å². The number of ether oxygens (including phenoxy) is 2. The van der Waals surface area contributed by atoms with Crippen LogP contribution in [0.5, 0.6) is 0 Å². The average molecular weight is 883 g/mol. The number of unbranched alkanes of at least 4 members (excludes halogenated alkanes) is 13. The number of Topliss-reactive ketones (excluding diaryl/α,β-unsaturated/α-hetero) is 1. The highest BCUT2D eigenvalue weighted by Crippen LogP contribution is 2.43. The van der Waals surface area contributed by atoms with Gasteiger partial charge in [-0.1, -0.05) is 127 Å². The van der Waals surface area contributed by atoms with Crippen molar-refractivity contribution in [2.45, 2.75) is 180 Å². The van der Waals surface area contributed by atoms with Crippen LogP contribution in [0.25, 0.3) is 0 Å². The summed E-state index contributed by atoms with van der Waals surface area (Å²) in [6.45, 7) is 3.96. The first-order valence-electron chi connectivity index (χ1n) is 23.5. The van der Waals surface area contributed by atoms with Gasteiger partial charge in [0.05, 0.1) is 40.0 Å². The Balaban J connectivity index is 2.49. The van der Waals surface area contributed by atoms with E-state index in [2.05, 4.69) is 38.2 Å². The molecule has 61 heavy (non-hydrogen) atoms. The van der Waals surface area contributed by atoms with Crippen molar-refractivity contribution >= 4 is 25.5 Å². The van der Waals surface area contributed by atoms with Crippen molar-refractivity contribution in [3.63, 3.8) is 0 Å². The number of quaternary nitrogens is 1. The van der Waals surface area contributed by atoms with Gasteiger partial charge in [-0.3, -0.25) is 23.4 Å². The number of hydrogen-bond donors (Lipinski definition) is 3. The number of ketones is 1. The number of aliphatic hydroxyl groups is 2. The second-order valence-corrected chi connectivity index (χ2v) is 19.0. The zero-order chi connectivity index (χ0) is 45.2. The fourth-order valence-electron chi connectivity index (χ4n) is 6.91. The van der Waals surface area contributed by atoms with E-state index < -0.39 is 44.7 Å². The Bertz CT molecular complexity index is 1340. The summed E-state index contributed by atoms with van der Waals surface area (Å²) in [4.78, 5) is 48.2. The van der Waals surface area contributed by atoms with Crippen molar-refractivity contribution in [3.05, 3.63) is 48.6 Å². The van der Waals surface area contributed by atoms with E-state index >= 15 is 0 Å². The fraction of sp³-hybridized carbons (Fsp3) is 0.771. The summed E-state index contributed by atoms with van der Waals surface area (Å²) in [5, 5.41) is 20.7. The molecule has 0 aromatic carbocycles. The molecule has 1 aliphatic rings. The number of aliphatic hydroxyl groups excluding tert-OH is 2. The highest BCUT2D eigenvalue weighted by molar-refractivity contribution is 7.47. The first-order valence-corrected chi connectivity index (χ1v) is 25.0. The van der Waals surface area contributed by atoms with Gasteiger partial charge in [-0.25, -0.2) is 4.57 Å². The number of carbonyl (C=O) groups excluding carboxylic acids is 3. The minimum absolute atomic E-state index is 0.00649. The van der Waals surface area contributed by atoms with E-state index in [1.54, 1.807) is 12.2 Å². The van der Waals surface area contributed by atoms with Gasteiger partial charge < -0.3 is 29.1 Å². The van der Waals surface area contributed by atoms with Gasteiger partial charge in [-0.2, -0.15) is 0 Å². The van der Waals surface area contributed by atoms with E-state index in [0.29, 0.717) is 43.1 Å². The summed E-state index contributed by atoms with van der Waals surface area (Å²) in [5.41, 5.74) is 0. The fourth-order valence-corrected chi connectivity index (χ4v) is 7.65. The SMILES string of the molecule is CCCCC/C=C\C/C=C\CCCCCCCCCC(=O)OC[C@H](COP(=O)(O)OCC[N+](C)(C)C)OC(=O)CCC/C=C\C[C@H]1C(=O)C[C@@H](O)[C@@H]1/C=C/[C@@H](O)CCCCC. The molecule has 0 spiro atoms. The van der Waals surface area contributed by atoms with Crippen molar-refractivity contribution in [2.75, 3.05) is 47.5 Å². The third kappa shape index (κ3) is 32.0. The largest absolute Gasteiger partial charge is 0.472 e. The summed E-state index contributed by atoms with van der Waals surface area (Å²) in [6.07, 6.45) is 33.7. The second kappa shape index (κ2) is 35.0. The molecule has 352 valence electrons. The molecule has 1 saturated carbocycles. The summed E-state index contributed by atoms with van der Waals surface area (Å²) >= 11 is 0. The molecule has 0 radical (unpaired) electrons. The maximum atomic E-state index is 12.8. The molecule has 1 rings (SSSR count). The van der Waals surface area contributed by atoms with Crippen molar-refractivity contribution in [1.82, 2.24) is 0 Å². The van der Waals surface area contributed by atoms with Gasteiger partial charge in [-0.15, -0.1) is 0 Å². The number of phosphoric acid groups is 1. The molecule has 0 saturated heterocycles. The van der Waals surface area contributed by atoms with Crippen LogP contribution >= 0.6 is 7.82 Å². The molecule has 13 heteroatoms. The van der Waals surface area contributed by atoms with Crippen molar-refractivity contribution in [2.24, 2.45) is 11.8 Å².